The van der Waals surface area contributed by atoms with Crippen LogP contribution in [0.5, 0.6) is 5.88 Å². The lowest BCUT2D eigenvalue weighted by molar-refractivity contribution is -0.132. The Bertz CT molecular complexity index is 1220. The Kier molecular flexibility index (Phi) is 4.77. The number of aliphatic imine (C=N–C) groups is 1. The zero-order valence-electron chi connectivity index (χ0n) is 17.5. The van der Waals surface area contributed by atoms with Crippen molar-refractivity contribution in [2.75, 3.05) is 7.11 Å². The van der Waals surface area contributed by atoms with Crippen molar-refractivity contribution < 1.29 is 13.9 Å². The minimum Gasteiger partial charge on any atom is -0.481 e. The van der Waals surface area contributed by atoms with Crippen LogP contribution in [0.25, 0.3) is 0 Å². The normalized spacial score (nSPS) is 14.9. The van der Waals surface area contributed by atoms with Gasteiger partial charge in [-0.3, -0.25) is 9.79 Å². The van der Waals surface area contributed by atoms with E-state index >= 15 is 0 Å². The molecule has 0 bridgehead atoms. The number of ether oxygens (including phenoxy) is 1. The number of fused-ring (bicyclic) bond motifs is 2. The second kappa shape index (κ2) is 7.61. The summed E-state index contributed by atoms with van der Waals surface area (Å²) >= 11 is 0. The molecule has 156 valence electrons. The Hall–Kier alpha value is -3.54. The van der Waals surface area contributed by atoms with Gasteiger partial charge in [0.1, 0.15) is 5.82 Å². The molecule has 0 radical (unpaired) electrons. The molecule has 0 saturated heterocycles. The van der Waals surface area contributed by atoms with E-state index in [1.165, 1.54) is 6.07 Å². The summed E-state index contributed by atoms with van der Waals surface area (Å²) in [6.07, 6.45) is 2.09. The summed E-state index contributed by atoms with van der Waals surface area (Å²) in [6.45, 7) is 3.18. The number of benzene rings is 2. The summed E-state index contributed by atoms with van der Waals surface area (Å²) < 4.78 is 19.5. The van der Waals surface area contributed by atoms with Gasteiger partial charge in [-0.15, -0.1) is 0 Å². The molecule has 0 spiro atoms. The van der Waals surface area contributed by atoms with E-state index in [2.05, 4.69) is 17.1 Å². The first-order chi connectivity index (χ1) is 15.0. The number of amides is 1. The zero-order valence-corrected chi connectivity index (χ0v) is 17.5. The van der Waals surface area contributed by atoms with Gasteiger partial charge in [-0.1, -0.05) is 18.2 Å². The molecule has 31 heavy (non-hydrogen) atoms. The molecule has 5 rings (SSSR count). The number of rotatable bonds is 4. The number of aryl methyl sites for hydroxylation is 1. The fourth-order valence-electron chi connectivity index (χ4n) is 4.24. The average Bonchev–Trinajstić information content (AvgIpc) is 3.17. The average molecular weight is 415 g/mol. The van der Waals surface area contributed by atoms with Crippen LogP contribution in [-0.4, -0.2) is 28.6 Å². The third kappa shape index (κ3) is 3.58. The highest BCUT2D eigenvalue weighted by atomic mass is 19.1. The summed E-state index contributed by atoms with van der Waals surface area (Å²) in [6, 6.07) is 13.2. The van der Waals surface area contributed by atoms with E-state index in [0.29, 0.717) is 31.0 Å². The van der Waals surface area contributed by atoms with Gasteiger partial charge < -0.3 is 9.64 Å². The predicted octanol–water partition coefficient (Wildman–Crippen LogP) is 3.97. The Morgan fingerprint density at radius 3 is 2.71 bits per heavy atom. The monoisotopic (exact) mass is 415 g/mol. The van der Waals surface area contributed by atoms with E-state index in [1.54, 1.807) is 24.3 Å². The molecular weight excluding hydrogens is 393 g/mol. The van der Waals surface area contributed by atoms with Gasteiger partial charge in [0.05, 0.1) is 25.8 Å². The standard InChI is InChI=1S/C25H22FN3O2/c1-15-3-4-17(22(26)7-15)13-29-14-20-9-21-19(8-18(20)10-24(29)30)12-28-25(21)16-5-6-23(31-2)27-11-16/h3-9,11H,10,12-14H2,1-2H3. The molecule has 3 aromatic rings. The number of carbonyl (C=O) groups excluding carboxylic acids is 1. The van der Waals surface area contributed by atoms with Gasteiger partial charge in [0, 0.05) is 42.0 Å². The Morgan fingerprint density at radius 1 is 1.10 bits per heavy atom. The van der Waals surface area contributed by atoms with E-state index in [-0.39, 0.29) is 18.3 Å². The molecular formula is C25H22FN3O2. The second-order valence-electron chi connectivity index (χ2n) is 8.05. The van der Waals surface area contributed by atoms with Gasteiger partial charge in [-0.2, -0.15) is 0 Å². The van der Waals surface area contributed by atoms with Gasteiger partial charge in [0.25, 0.3) is 0 Å². The van der Waals surface area contributed by atoms with Crippen LogP contribution in [0.15, 0.2) is 53.7 Å². The lowest BCUT2D eigenvalue weighted by Crippen LogP contribution is -2.36. The number of methoxy groups -OCH3 is 1. The summed E-state index contributed by atoms with van der Waals surface area (Å²) in [7, 11) is 1.59. The van der Waals surface area contributed by atoms with Crippen molar-refractivity contribution in [3.05, 3.63) is 93.4 Å². The molecule has 0 saturated carbocycles. The smallest absolute Gasteiger partial charge is 0.227 e. The molecule has 5 nitrogen and oxygen atoms in total. The van der Waals surface area contributed by atoms with Gasteiger partial charge in [0.2, 0.25) is 11.8 Å². The van der Waals surface area contributed by atoms with Crippen LogP contribution in [0.1, 0.15) is 38.9 Å². The SMILES string of the molecule is COc1ccc(C2=NCc3cc4c(cc32)CN(Cc2ccc(C)cc2F)C(=O)C4)cn1. The minimum absolute atomic E-state index is 0.0194. The van der Waals surface area contributed by atoms with Crippen LogP contribution in [0, 0.1) is 12.7 Å². The van der Waals surface area contributed by atoms with E-state index in [4.69, 9.17) is 9.73 Å². The Balaban J connectivity index is 1.43. The highest BCUT2D eigenvalue weighted by Gasteiger charge is 2.27. The van der Waals surface area contributed by atoms with E-state index < -0.39 is 0 Å². The summed E-state index contributed by atoms with van der Waals surface area (Å²) in [5.41, 5.74) is 7.56. The maximum Gasteiger partial charge on any atom is 0.227 e. The Labute approximate surface area is 180 Å². The van der Waals surface area contributed by atoms with Gasteiger partial charge in [-0.05, 0) is 47.4 Å². The molecule has 0 atom stereocenters. The van der Waals surface area contributed by atoms with Gasteiger partial charge in [0.15, 0.2) is 0 Å². The van der Waals surface area contributed by atoms with Crippen molar-refractivity contribution in [1.29, 1.82) is 0 Å². The topological polar surface area (TPSA) is 54.8 Å². The van der Waals surface area contributed by atoms with Crippen LogP contribution in [0.3, 0.4) is 0 Å². The molecule has 2 aromatic carbocycles. The molecule has 6 heteroatoms. The molecule has 1 aromatic heterocycles. The zero-order chi connectivity index (χ0) is 21.5. The van der Waals surface area contributed by atoms with Crippen molar-refractivity contribution in [3.63, 3.8) is 0 Å². The highest BCUT2D eigenvalue weighted by Crippen LogP contribution is 2.30. The first kappa shape index (κ1) is 19.4. The Morgan fingerprint density at radius 2 is 1.97 bits per heavy atom. The fraction of sp³-hybridized carbons (Fsp3) is 0.240. The quantitative estimate of drug-likeness (QED) is 0.648. The number of halogens is 1. The number of carbonyl (C=O) groups is 1. The predicted molar refractivity (Wildman–Crippen MR) is 116 cm³/mol. The fourth-order valence-corrected chi connectivity index (χ4v) is 4.24. The van der Waals surface area contributed by atoms with Gasteiger partial charge in [-0.25, -0.2) is 9.37 Å². The van der Waals surface area contributed by atoms with Crippen LogP contribution < -0.4 is 4.74 Å². The van der Waals surface area contributed by atoms with E-state index in [9.17, 15) is 9.18 Å². The molecule has 0 unspecified atom stereocenters. The van der Waals surface area contributed by atoms with E-state index in [0.717, 1.165) is 39.1 Å². The summed E-state index contributed by atoms with van der Waals surface area (Å²) in [5.74, 6) is 0.311. The first-order valence-corrected chi connectivity index (χ1v) is 10.2. The van der Waals surface area contributed by atoms with Crippen molar-refractivity contribution in [2.24, 2.45) is 4.99 Å². The summed E-state index contributed by atoms with van der Waals surface area (Å²) in [4.78, 5) is 23.5. The molecule has 0 N–H and O–H groups in total. The van der Waals surface area contributed by atoms with Crippen LogP contribution in [0.2, 0.25) is 0 Å². The van der Waals surface area contributed by atoms with Crippen molar-refractivity contribution in [1.82, 2.24) is 9.88 Å². The highest BCUT2D eigenvalue weighted by molar-refractivity contribution is 6.15. The van der Waals surface area contributed by atoms with E-state index in [1.807, 2.05) is 25.1 Å². The third-order valence-electron chi connectivity index (χ3n) is 5.93. The van der Waals surface area contributed by atoms with Gasteiger partial charge >= 0.3 is 0 Å². The van der Waals surface area contributed by atoms with Crippen LogP contribution in [0.4, 0.5) is 4.39 Å². The van der Waals surface area contributed by atoms with Crippen molar-refractivity contribution in [2.45, 2.75) is 33.0 Å². The largest absolute Gasteiger partial charge is 0.481 e. The van der Waals surface area contributed by atoms with Crippen molar-refractivity contribution >= 4 is 11.6 Å². The maximum absolute atomic E-state index is 14.3. The molecule has 1 amide bonds. The number of pyridine rings is 1. The molecule has 3 heterocycles. The minimum atomic E-state index is -0.269. The molecule has 0 aliphatic carbocycles. The molecule has 2 aliphatic rings. The lowest BCUT2D eigenvalue weighted by atomic mass is 9.91. The van der Waals surface area contributed by atoms with Crippen molar-refractivity contribution in [3.8, 4) is 5.88 Å². The third-order valence-corrected chi connectivity index (χ3v) is 5.93. The number of hydrogen-bond acceptors (Lipinski definition) is 4. The number of hydrogen-bond donors (Lipinski definition) is 0. The first-order valence-electron chi connectivity index (χ1n) is 10.2. The molecule has 2 aliphatic heterocycles. The molecule has 0 fully saturated rings. The summed E-state index contributed by atoms with van der Waals surface area (Å²) in [5, 5.41) is 0. The van der Waals surface area contributed by atoms with Crippen LogP contribution in [-0.2, 0) is 30.8 Å². The lowest BCUT2D eigenvalue weighted by Gasteiger charge is -2.29. The number of aromatic nitrogens is 1. The number of nitrogens with zero attached hydrogens (tertiary/aromatic N) is 3. The second-order valence-corrected chi connectivity index (χ2v) is 8.05. The van der Waals surface area contributed by atoms with Crippen LogP contribution >= 0.6 is 0 Å². The maximum atomic E-state index is 14.3.